The van der Waals surface area contributed by atoms with Gasteiger partial charge < -0.3 is 10.1 Å². The molecular weight excluding hydrogens is 303 g/mol. The normalized spacial score (nSPS) is 11.7. The fourth-order valence-corrected chi connectivity index (χ4v) is 1.45. The molecule has 0 aliphatic rings. The molecule has 0 saturated carbocycles. The minimum absolute atomic E-state index is 0.0915. The molecule has 10 heteroatoms. The van der Waals surface area contributed by atoms with Crippen molar-refractivity contribution >= 4 is 11.4 Å². The van der Waals surface area contributed by atoms with E-state index in [9.17, 15) is 32.1 Å². The molecule has 118 valence electrons. The third-order valence-electron chi connectivity index (χ3n) is 2.31. The van der Waals surface area contributed by atoms with Crippen molar-refractivity contribution in [1.82, 2.24) is 0 Å². The van der Waals surface area contributed by atoms with Crippen molar-refractivity contribution in [3.8, 4) is 0 Å². The summed E-state index contributed by atoms with van der Waals surface area (Å²) in [5, 5.41) is 12.9. The Morgan fingerprint density at radius 2 is 2.00 bits per heavy atom. The highest BCUT2D eigenvalue weighted by molar-refractivity contribution is 5.56. The molecule has 0 bridgehead atoms. The molecule has 1 aromatic rings. The fraction of sp³-hybridized carbons (Fsp3) is 0.455. The van der Waals surface area contributed by atoms with Gasteiger partial charge in [-0.2, -0.15) is 13.2 Å². The molecule has 0 aliphatic carbocycles. The molecule has 0 atom stereocenters. The zero-order valence-electron chi connectivity index (χ0n) is 10.5. The smallest absolute Gasteiger partial charge is 0.382 e. The minimum atomic E-state index is -4.46. The van der Waals surface area contributed by atoms with Crippen molar-refractivity contribution in [3.05, 3.63) is 33.9 Å². The maximum atomic E-state index is 12.8. The molecule has 0 amide bonds. The maximum Gasteiger partial charge on any atom is 0.411 e. The predicted molar refractivity (Wildman–Crippen MR) is 63.4 cm³/mol. The molecule has 1 N–H and O–H groups in total. The molecule has 0 heterocycles. The second-order valence-electron chi connectivity index (χ2n) is 3.92. The first-order valence-electron chi connectivity index (χ1n) is 5.65. The van der Waals surface area contributed by atoms with Gasteiger partial charge in [-0.3, -0.25) is 10.1 Å². The summed E-state index contributed by atoms with van der Waals surface area (Å²) in [5.74, 6) is 0. The van der Waals surface area contributed by atoms with Gasteiger partial charge in [0.1, 0.15) is 6.61 Å². The molecule has 5 nitrogen and oxygen atoms in total. The Morgan fingerprint density at radius 3 is 2.52 bits per heavy atom. The first-order valence-corrected chi connectivity index (χ1v) is 5.65. The van der Waals surface area contributed by atoms with Gasteiger partial charge in [0.15, 0.2) is 0 Å². The van der Waals surface area contributed by atoms with E-state index in [2.05, 4.69) is 10.1 Å². The van der Waals surface area contributed by atoms with Gasteiger partial charge >= 0.3 is 6.18 Å². The highest BCUT2D eigenvalue weighted by Gasteiger charge is 2.27. The Morgan fingerprint density at radius 1 is 1.33 bits per heavy atom. The van der Waals surface area contributed by atoms with Crippen LogP contribution in [-0.4, -0.2) is 30.9 Å². The predicted octanol–water partition coefficient (Wildman–Crippen LogP) is 3.52. The summed E-state index contributed by atoms with van der Waals surface area (Å²) in [6.45, 7) is -1.93. The third kappa shape index (κ3) is 5.90. The number of nitrogens with one attached hydrogen (secondary N) is 1. The second kappa shape index (κ2) is 7.16. The zero-order chi connectivity index (χ0) is 16.0. The van der Waals surface area contributed by atoms with Crippen LogP contribution in [0.1, 0.15) is 12.0 Å². The van der Waals surface area contributed by atoms with Crippen LogP contribution in [-0.2, 0) is 4.74 Å². The van der Waals surface area contributed by atoms with Gasteiger partial charge in [0, 0.05) is 29.9 Å². The molecule has 1 rings (SSSR count). The van der Waals surface area contributed by atoms with Gasteiger partial charge in [0.25, 0.3) is 12.1 Å². The number of alkyl halides is 5. The average molecular weight is 314 g/mol. The van der Waals surface area contributed by atoms with Crippen LogP contribution in [0, 0.1) is 10.1 Å². The van der Waals surface area contributed by atoms with Gasteiger partial charge in [-0.1, -0.05) is 0 Å². The van der Waals surface area contributed by atoms with Crippen LogP contribution in [0.4, 0.5) is 33.3 Å². The fourth-order valence-electron chi connectivity index (χ4n) is 1.45. The van der Waals surface area contributed by atoms with E-state index in [0.717, 1.165) is 12.1 Å². The SMILES string of the molecule is O=[N+]([O-])c1ccc(NCCOCC(F)(F)F)c(C(F)F)c1. The molecule has 0 aromatic heterocycles. The van der Waals surface area contributed by atoms with E-state index < -0.39 is 35.4 Å². The van der Waals surface area contributed by atoms with Crippen molar-refractivity contribution in [1.29, 1.82) is 0 Å². The Bertz CT molecular complexity index is 493. The number of nitro benzene ring substituents is 1. The van der Waals surface area contributed by atoms with Gasteiger partial charge in [0.2, 0.25) is 0 Å². The lowest BCUT2D eigenvalue weighted by molar-refractivity contribution is -0.385. The molecule has 1 aromatic carbocycles. The van der Waals surface area contributed by atoms with Crippen LogP contribution in [0.15, 0.2) is 18.2 Å². The van der Waals surface area contributed by atoms with Crippen LogP contribution >= 0.6 is 0 Å². The number of halogens is 5. The molecular formula is C11H11F5N2O3. The zero-order valence-corrected chi connectivity index (χ0v) is 10.5. The summed E-state index contributed by atoms with van der Waals surface area (Å²) >= 11 is 0. The Kier molecular flexibility index (Phi) is 5.82. The summed E-state index contributed by atoms with van der Waals surface area (Å²) < 4.78 is 65.2. The van der Waals surface area contributed by atoms with Crippen LogP contribution in [0.5, 0.6) is 0 Å². The Balaban J connectivity index is 2.60. The molecule has 0 aliphatic heterocycles. The topological polar surface area (TPSA) is 64.4 Å². The van der Waals surface area contributed by atoms with Gasteiger partial charge in [-0.15, -0.1) is 0 Å². The summed E-state index contributed by atoms with van der Waals surface area (Å²) in [5.41, 5.74) is -1.18. The lowest BCUT2D eigenvalue weighted by Crippen LogP contribution is -2.20. The van der Waals surface area contributed by atoms with Crippen molar-refractivity contribution in [2.24, 2.45) is 0 Å². The molecule has 0 saturated heterocycles. The first-order chi connectivity index (χ1) is 9.70. The maximum absolute atomic E-state index is 12.8. The number of ether oxygens (including phenoxy) is 1. The Labute approximate surface area is 115 Å². The number of hydrogen-bond acceptors (Lipinski definition) is 4. The lowest BCUT2D eigenvalue weighted by atomic mass is 10.1. The second-order valence-corrected chi connectivity index (χ2v) is 3.92. The molecule has 0 radical (unpaired) electrons. The van der Waals surface area contributed by atoms with Crippen molar-refractivity contribution < 1.29 is 31.6 Å². The summed E-state index contributed by atoms with van der Waals surface area (Å²) in [4.78, 5) is 9.68. The van der Waals surface area contributed by atoms with Crippen LogP contribution < -0.4 is 5.32 Å². The number of non-ortho nitro benzene ring substituents is 1. The van der Waals surface area contributed by atoms with Gasteiger partial charge in [0.05, 0.1) is 11.5 Å². The van der Waals surface area contributed by atoms with E-state index in [1.807, 2.05) is 0 Å². The van der Waals surface area contributed by atoms with E-state index in [-0.39, 0.29) is 18.8 Å². The number of rotatable bonds is 7. The van der Waals surface area contributed by atoms with E-state index in [1.165, 1.54) is 0 Å². The molecule has 0 spiro atoms. The van der Waals surface area contributed by atoms with Crippen molar-refractivity contribution in [2.45, 2.75) is 12.6 Å². The van der Waals surface area contributed by atoms with Crippen LogP contribution in [0.2, 0.25) is 0 Å². The standard InChI is InChI=1S/C11H11F5N2O3/c12-10(13)8-5-7(18(19)20)1-2-9(8)17-3-4-21-6-11(14,15)16/h1-2,5,10,17H,3-4,6H2. The van der Waals surface area contributed by atoms with E-state index in [4.69, 9.17) is 0 Å². The van der Waals surface area contributed by atoms with Gasteiger partial charge in [-0.25, -0.2) is 8.78 Å². The monoisotopic (exact) mass is 314 g/mol. The lowest BCUT2D eigenvalue weighted by Gasteiger charge is -2.12. The number of benzene rings is 1. The summed E-state index contributed by atoms with van der Waals surface area (Å²) in [7, 11) is 0. The van der Waals surface area contributed by atoms with E-state index in [1.54, 1.807) is 0 Å². The van der Waals surface area contributed by atoms with E-state index >= 15 is 0 Å². The van der Waals surface area contributed by atoms with Crippen molar-refractivity contribution in [3.63, 3.8) is 0 Å². The summed E-state index contributed by atoms with van der Waals surface area (Å²) in [6, 6.07) is 2.80. The quantitative estimate of drug-likeness (QED) is 0.362. The number of nitrogens with zero attached hydrogens (tertiary/aromatic N) is 1. The first kappa shape index (κ1) is 17.1. The average Bonchev–Trinajstić information content (AvgIpc) is 2.36. The van der Waals surface area contributed by atoms with Crippen molar-refractivity contribution in [2.75, 3.05) is 25.1 Å². The third-order valence-corrected chi connectivity index (χ3v) is 2.31. The number of anilines is 1. The van der Waals surface area contributed by atoms with Crippen LogP contribution in [0.25, 0.3) is 0 Å². The van der Waals surface area contributed by atoms with Crippen LogP contribution in [0.3, 0.4) is 0 Å². The largest absolute Gasteiger partial charge is 0.411 e. The molecule has 21 heavy (non-hydrogen) atoms. The highest BCUT2D eigenvalue weighted by Crippen LogP contribution is 2.30. The molecule has 0 fully saturated rings. The number of nitro groups is 1. The highest BCUT2D eigenvalue weighted by atomic mass is 19.4. The molecule has 0 unspecified atom stereocenters. The van der Waals surface area contributed by atoms with Gasteiger partial charge in [-0.05, 0) is 6.07 Å². The Hall–Kier alpha value is -1.97. The summed E-state index contributed by atoms with van der Waals surface area (Å²) in [6.07, 6.45) is -7.41. The van der Waals surface area contributed by atoms with E-state index in [0.29, 0.717) is 6.07 Å². The minimum Gasteiger partial charge on any atom is -0.382 e. The number of hydrogen-bond donors (Lipinski definition) is 1.